The number of carbonyl (C=O) groups excluding carboxylic acids is 1. The molecule has 0 bridgehead atoms. The maximum Gasteiger partial charge on any atom is 0.164 e. The van der Waals surface area contributed by atoms with Crippen molar-refractivity contribution >= 4 is 84.2 Å². The van der Waals surface area contributed by atoms with Gasteiger partial charge in [-0.3, -0.25) is 10.2 Å². The molecule has 6 aromatic heterocycles. The number of aromatic nitrogens is 8. The SMILES string of the molecule is C.C=C(CCCCCOn1c(CCCC)nc2c(N)nc3ccccc3c21)c1ccc(NN=C(C)C)nc1.CCCCc1nc2c(N)nc3ccccc3c2n1OCCCCCC(=O)c1ccc(NN)nc1. The number of nitrogens with one attached hydrogen (secondary N) is 2. The van der Waals surface area contributed by atoms with Crippen molar-refractivity contribution in [3.63, 3.8) is 0 Å². The first-order valence-electron chi connectivity index (χ1n) is 24.8. The minimum atomic E-state index is 0. The number of hydrazine groups is 1. The van der Waals surface area contributed by atoms with E-state index < -0.39 is 0 Å². The van der Waals surface area contributed by atoms with Crippen LogP contribution in [0.3, 0.4) is 0 Å². The lowest BCUT2D eigenvalue weighted by molar-refractivity contribution is 0.0967. The highest BCUT2D eigenvalue weighted by molar-refractivity contribution is 6.07. The van der Waals surface area contributed by atoms with Crippen LogP contribution in [0.4, 0.5) is 23.3 Å². The number of aryl methyl sites for hydroxylation is 2. The number of nitrogens with two attached hydrogens (primary N) is 3. The summed E-state index contributed by atoms with van der Waals surface area (Å²) in [5.74, 6) is 9.27. The Balaban J connectivity index is 0.000000233. The monoisotopic (exact) mass is 977 g/mol. The zero-order valence-electron chi connectivity index (χ0n) is 41.6. The summed E-state index contributed by atoms with van der Waals surface area (Å²) < 4.78 is 3.74. The van der Waals surface area contributed by atoms with E-state index in [1.165, 1.54) is 0 Å². The molecule has 0 radical (unpaired) electrons. The van der Waals surface area contributed by atoms with Gasteiger partial charge in [0.25, 0.3) is 0 Å². The minimum absolute atomic E-state index is 0. The van der Waals surface area contributed by atoms with E-state index in [1.54, 1.807) is 18.3 Å². The predicted octanol–water partition coefficient (Wildman–Crippen LogP) is 11.1. The molecule has 8 rings (SSSR count). The van der Waals surface area contributed by atoms with E-state index in [1.807, 2.05) is 84.1 Å². The fraction of sp³-hybridized carbons (Fsp3) is 0.382. The highest BCUT2D eigenvalue weighted by atomic mass is 16.7. The number of Topliss-reactive ketones (excluding diaryl/α,β-unsaturated/α-hetero) is 1. The number of imidazole rings is 2. The van der Waals surface area contributed by atoms with Gasteiger partial charge in [0, 0.05) is 53.7 Å². The quantitative estimate of drug-likeness (QED) is 0.0118. The number of nitrogen functional groups attached to an aromatic ring is 3. The Morgan fingerprint density at radius 1 is 0.639 bits per heavy atom. The molecule has 0 unspecified atom stereocenters. The van der Waals surface area contributed by atoms with E-state index in [4.69, 9.17) is 37.0 Å². The van der Waals surface area contributed by atoms with Crippen LogP contribution in [-0.2, 0) is 12.8 Å². The zero-order valence-corrected chi connectivity index (χ0v) is 41.6. The van der Waals surface area contributed by atoms with Gasteiger partial charge in [-0.1, -0.05) is 77.1 Å². The highest BCUT2D eigenvalue weighted by Gasteiger charge is 2.20. The molecule has 72 heavy (non-hydrogen) atoms. The van der Waals surface area contributed by atoms with Gasteiger partial charge in [0.2, 0.25) is 0 Å². The van der Waals surface area contributed by atoms with Gasteiger partial charge in [0.05, 0.1) is 11.0 Å². The Morgan fingerprint density at radius 2 is 1.14 bits per heavy atom. The predicted molar refractivity (Wildman–Crippen MR) is 295 cm³/mol. The Labute approximate surface area is 422 Å². The van der Waals surface area contributed by atoms with Crippen molar-refractivity contribution in [1.82, 2.24) is 39.4 Å². The van der Waals surface area contributed by atoms with Gasteiger partial charge in [-0.15, -0.1) is 0 Å². The molecular weight excluding hydrogens is 905 g/mol. The lowest BCUT2D eigenvalue weighted by Gasteiger charge is -2.12. The fourth-order valence-electron chi connectivity index (χ4n) is 8.17. The first-order valence-corrected chi connectivity index (χ1v) is 24.8. The van der Waals surface area contributed by atoms with E-state index in [-0.39, 0.29) is 13.2 Å². The number of allylic oxidation sites excluding steroid dienone is 1. The summed E-state index contributed by atoms with van der Waals surface area (Å²) >= 11 is 0. The number of unbranched alkanes of at least 4 members (excludes halogenated alkanes) is 6. The van der Waals surface area contributed by atoms with E-state index in [2.05, 4.69) is 62.4 Å². The molecule has 8 N–H and O–H groups in total. The van der Waals surface area contributed by atoms with Gasteiger partial charge in [0.1, 0.15) is 58.6 Å². The number of hydrogen-bond acceptors (Lipinski definition) is 15. The summed E-state index contributed by atoms with van der Waals surface area (Å²) in [7, 11) is 0. The summed E-state index contributed by atoms with van der Waals surface area (Å²) in [5, 5.41) is 6.15. The number of rotatable bonds is 25. The molecule has 0 amide bonds. The molecule has 380 valence electrons. The lowest BCUT2D eigenvalue weighted by Crippen LogP contribution is -2.16. The zero-order chi connectivity index (χ0) is 50.1. The smallest absolute Gasteiger partial charge is 0.164 e. The Morgan fingerprint density at radius 3 is 1.62 bits per heavy atom. The first kappa shape index (κ1) is 53.7. The molecule has 0 aliphatic heterocycles. The summed E-state index contributed by atoms with van der Waals surface area (Å²) in [6.45, 7) is 13.6. The van der Waals surface area contributed by atoms with Crippen LogP contribution in [0.15, 0.2) is 96.9 Å². The summed E-state index contributed by atoms with van der Waals surface area (Å²) in [6.07, 6.45) is 16.1. The maximum atomic E-state index is 12.4. The van der Waals surface area contributed by atoms with Crippen LogP contribution in [0.5, 0.6) is 0 Å². The van der Waals surface area contributed by atoms with Crippen molar-refractivity contribution in [2.24, 2.45) is 10.9 Å². The van der Waals surface area contributed by atoms with Gasteiger partial charge in [-0.05, 0) is 119 Å². The molecule has 0 fully saturated rings. The molecule has 0 saturated heterocycles. The van der Waals surface area contributed by atoms with Crippen molar-refractivity contribution in [3.05, 3.63) is 115 Å². The van der Waals surface area contributed by atoms with Gasteiger partial charge in [0.15, 0.2) is 17.4 Å². The minimum Gasteiger partial charge on any atom is -0.412 e. The number of benzene rings is 2. The number of hydrogen-bond donors (Lipinski definition) is 5. The van der Waals surface area contributed by atoms with Crippen molar-refractivity contribution in [1.29, 1.82) is 0 Å². The standard InChI is InChI=1S/C29H37N7O.C25H31N7O2.CH4/c1-5-6-15-26-33-27-28(23-13-9-10-14-24(23)32-29(27)30)36(26)37-18-11-7-8-12-21(4)22-16-17-25(31-19-22)35-34-20(2)3;1-2-3-12-22-30-23-24(18-9-6-7-10-19(18)29-25(23)26)32(22)34-15-8-4-5-11-20(33)17-13-14-21(31-27)28-16-17;/h9-10,13-14,16-17,19H,4-8,11-12,15,18H2,1-3H3,(H2,30,32)(H,31,35);6-7,9-10,13-14,16H,2-5,8,11-12,15,27H2,1H3,(H2,26,29)(H,28,31);1H4. The number of anilines is 4. The van der Waals surface area contributed by atoms with E-state index in [0.717, 1.165) is 151 Å². The van der Waals surface area contributed by atoms with Crippen molar-refractivity contribution in [3.8, 4) is 0 Å². The van der Waals surface area contributed by atoms with Crippen LogP contribution in [0, 0.1) is 0 Å². The average molecular weight is 977 g/mol. The molecule has 0 aliphatic rings. The van der Waals surface area contributed by atoms with Crippen LogP contribution in [0.25, 0.3) is 49.4 Å². The number of nitrogens with zero attached hydrogens (tertiary/aromatic N) is 9. The second-order valence-corrected chi connectivity index (χ2v) is 17.8. The molecule has 2 aromatic carbocycles. The van der Waals surface area contributed by atoms with Crippen LogP contribution >= 0.6 is 0 Å². The molecule has 0 spiro atoms. The largest absolute Gasteiger partial charge is 0.412 e. The molecule has 8 aromatic rings. The van der Waals surface area contributed by atoms with Crippen LogP contribution in [-0.4, -0.2) is 64.1 Å². The Hall–Kier alpha value is -7.66. The Kier molecular flexibility index (Phi) is 19.8. The topological polar surface area (TPSA) is 237 Å². The molecule has 0 atom stereocenters. The highest BCUT2D eigenvalue weighted by Crippen LogP contribution is 2.30. The van der Waals surface area contributed by atoms with E-state index >= 15 is 0 Å². The van der Waals surface area contributed by atoms with Crippen molar-refractivity contribution in [2.75, 3.05) is 35.5 Å². The summed E-state index contributed by atoms with van der Waals surface area (Å²) in [4.78, 5) is 52.1. The third-order valence-electron chi connectivity index (χ3n) is 12.0. The number of ketones is 1. The number of carbonyl (C=O) groups is 1. The van der Waals surface area contributed by atoms with Gasteiger partial charge >= 0.3 is 0 Å². The third kappa shape index (κ3) is 13.6. The average Bonchev–Trinajstić information content (AvgIpc) is 3.95. The lowest BCUT2D eigenvalue weighted by atomic mass is 10.0. The molecule has 17 heteroatoms. The molecule has 17 nitrogen and oxygen atoms in total. The summed E-state index contributed by atoms with van der Waals surface area (Å²) in [5.41, 5.74) is 26.4. The molecule has 0 aliphatic carbocycles. The van der Waals surface area contributed by atoms with E-state index in [0.29, 0.717) is 53.7 Å². The first-order chi connectivity index (χ1) is 34.6. The van der Waals surface area contributed by atoms with E-state index in [9.17, 15) is 4.79 Å². The number of fused-ring (bicyclic) bond motifs is 6. The molecule has 0 saturated carbocycles. The van der Waals surface area contributed by atoms with Gasteiger partial charge in [-0.25, -0.2) is 35.7 Å². The van der Waals surface area contributed by atoms with Crippen LogP contribution in [0.1, 0.15) is 140 Å². The van der Waals surface area contributed by atoms with Crippen LogP contribution in [0.2, 0.25) is 0 Å². The van der Waals surface area contributed by atoms with Gasteiger partial charge < -0.3 is 26.6 Å². The third-order valence-corrected chi connectivity index (χ3v) is 12.0. The molecule has 6 heterocycles. The second-order valence-electron chi connectivity index (χ2n) is 17.8. The fourth-order valence-corrected chi connectivity index (χ4v) is 8.17. The number of pyridine rings is 4. The second kappa shape index (κ2) is 26.5. The Bertz CT molecular complexity index is 3070. The van der Waals surface area contributed by atoms with Gasteiger partial charge in [-0.2, -0.15) is 14.6 Å². The summed E-state index contributed by atoms with van der Waals surface area (Å²) in [6, 6.07) is 23.3. The van der Waals surface area contributed by atoms with Crippen molar-refractivity contribution < 1.29 is 14.5 Å². The maximum absolute atomic E-state index is 12.4. The van der Waals surface area contributed by atoms with Crippen LogP contribution < -0.4 is 37.8 Å². The normalized spacial score (nSPS) is 11.0. The number of para-hydroxylation sites is 2. The van der Waals surface area contributed by atoms with Crippen molar-refractivity contribution in [2.45, 2.75) is 125 Å². The number of hydrazone groups is 1. The molecular formula is C55H72N14O3.